The molecule has 1 fully saturated rings. The summed E-state index contributed by atoms with van der Waals surface area (Å²) in [5.41, 5.74) is 1.66. The molecule has 8 nitrogen and oxygen atoms in total. The quantitative estimate of drug-likeness (QED) is 0.835. The van der Waals surface area contributed by atoms with Gasteiger partial charge >= 0.3 is 0 Å². The summed E-state index contributed by atoms with van der Waals surface area (Å²) < 4.78 is 29.9. The fourth-order valence-corrected chi connectivity index (χ4v) is 4.75. The second-order valence-electron chi connectivity index (χ2n) is 7.36. The summed E-state index contributed by atoms with van der Waals surface area (Å²) in [4.78, 5) is 13.7. The molecule has 0 saturated heterocycles. The highest BCUT2D eigenvalue weighted by Crippen LogP contribution is 2.38. The number of nitrogens with zero attached hydrogens (tertiary/aromatic N) is 4. The Kier molecular flexibility index (Phi) is 4.31. The Balaban J connectivity index is 1.53. The predicted molar refractivity (Wildman–Crippen MR) is 99.8 cm³/mol. The van der Waals surface area contributed by atoms with Crippen molar-refractivity contribution in [2.75, 3.05) is 4.90 Å². The van der Waals surface area contributed by atoms with Crippen molar-refractivity contribution in [3.8, 4) is 0 Å². The number of fused-ring (bicyclic) bond motifs is 1. The van der Waals surface area contributed by atoms with Crippen molar-refractivity contribution >= 4 is 21.6 Å². The van der Waals surface area contributed by atoms with Gasteiger partial charge in [0.1, 0.15) is 11.6 Å². The van der Waals surface area contributed by atoms with Gasteiger partial charge < -0.3 is 9.47 Å². The van der Waals surface area contributed by atoms with E-state index in [4.69, 9.17) is 0 Å². The van der Waals surface area contributed by atoms with E-state index in [0.29, 0.717) is 18.2 Å². The lowest BCUT2D eigenvalue weighted by Crippen LogP contribution is -2.33. The monoisotopic (exact) mass is 389 g/mol. The molecule has 2 aliphatic rings. The molecule has 9 heteroatoms. The molecule has 1 atom stereocenters. The molecule has 1 aliphatic heterocycles. The van der Waals surface area contributed by atoms with Crippen LogP contribution in [0.3, 0.4) is 0 Å². The zero-order valence-corrected chi connectivity index (χ0v) is 16.5. The topological polar surface area (TPSA) is 97.2 Å². The zero-order valence-electron chi connectivity index (χ0n) is 15.6. The molecule has 0 spiro atoms. The molecule has 4 rings (SSSR count). The first-order valence-electron chi connectivity index (χ1n) is 9.08. The maximum absolute atomic E-state index is 12.7. The lowest BCUT2D eigenvalue weighted by Gasteiger charge is -2.20. The van der Waals surface area contributed by atoms with Crippen LogP contribution >= 0.6 is 0 Å². The first-order valence-corrected chi connectivity index (χ1v) is 10.6. The molecule has 2 aromatic rings. The minimum Gasteiger partial charge on any atom is -0.317 e. The van der Waals surface area contributed by atoms with Gasteiger partial charge in [0.25, 0.3) is 0 Å². The van der Waals surface area contributed by atoms with Crippen LogP contribution in [-0.2, 0) is 34.8 Å². The van der Waals surface area contributed by atoms with E-state index in [9.17, 15) is 13.2 Å². The number of carbonyl (C=O) groups is 1. The van der Waals surface area contributed by atoms with E-state index in [1.165, 1.54) is 6.92 Å². The van der Waals surface area contributed by atoms with Gasteiger partial charge in [0.05, 0.1) is 11.4 Å². The van der Waals surface area contributed by atoms with Crippen molar-refractivity contribution < 1.29 is 13.2 Å². The Morgan fingerprint density at radius 3 is 2.70 bits per heavy atom. The summed E-state index contributed by atoms with van der Waals surface area (Å²) in [6, 6.07) is 4.94. The average Bonchev–Trinajstić information content (AvgIpc) is 3.29. The molecule has 1 aliphatic carbocycles. The van der Waals surface area contributed by atoms with Gasteiger partial charge in [-0.1, -0.05) is 0 Å². The number of aromatic nitrogens is 3. The first kappa shape index (κ1) is 18.1. The molecule has 2 heterocycles. The number of amides is 1. The predicted octanol–water partition coefficient (Wildman–Crippen LogP) is 1.47. The normalized spacial score (nSPS) is 19.4. The van der Waals surface area contributed by atoms with Gasteiger partial charge in [-0.15, -0.1) is 10.2 Å². The highest BCUT2D eigenvalue weighted by atomic mass is 32.2. The van der Waals surface area contributed by atoms with Crippen LogP contribution in [0.4, 0.5) is 5.69 Å². The number of anilines is 1. The van der Waals surface area contributed by atoms with Gasteiger partial charge in [-0.3, -0.25) is 4.79 Å². The SMILES string of the molecule is CC(=O)N1c2ccc(S(=O)(=O)NCc3nnc(C4CC4)n3C)cc2C[C@H]1C. The largest absolute Gasteiger partial charge is 0.317 e. The van der Waals surface area contributed by atoms with Crippen molar-refractivity contribution in [1.82, 2.24) is 19.5 Å². The van der Waals surface area contributed by atoms with Crippen molar-refractivity contribution in [2.24, 2.45) is 7.05 Å². The van der Waals surface area contributed by atoms with Crippen LogP contribution in [0.5, 0.6) is 0 Å². The Labute approximate surface area is 158 Å². The summed E-state index contributed by atoms with van der Waals surface area (Å²) in [6.07, 6.45) is 2.87. The molecule has 0 unspecified atom stereocenters. The first-order chi connectivity index (χ1) is 12.8. The van der Waals surface area contributed by atoms with Crippen LogP contribution in [0.25, 0.3) is 0 Å². The summed E-state index contributed by atoms with van der Waals surface area (Å²) in [6.45, 7) is 3.57. The van der Waals surface area contributed by atoms with Crippen molar-refractivity contribution in [3.05, 3.63) is 35.4 Å². The number of carbonyl (C=O) groups excluding carboxylic acids is 1. The molecule has 1 N–H and O–H groups in total. The Hall–Kier alpha value is -2.26. The molecule has 27 heavy (non-hydrogen) atoms. The van der Waals surface area contributed by atoms with Crippen LogP contribution in [-0.4, -0.2) is 35.1 Å². The third-order valence-corrected chi connectivity index (χ3v) is 6.68. The lowest BCUT2D eigenvalue weighted by atomic mass is 10.1. The van der Waals surface area contributed by atoms with E-state index >= 15 is 0 Å². The number of rotatable bonds is 5. The number of sulfonamides is 1. The summed E-state index contributed by atoms with van der Waals surface area (Å²) in [5.74, 6) is 1.93. The molecule has 1 aromatic carbocycles. The van der Waals surface area contributed by atoms with Gasteiger partial charge in [-0.2, -0.15) is 0 Å². The Bertz CT molecular complexity index is 1010. The van der Waals surface area contributed by atoms with Crippen molar-refractivity contribution in [2.45, 2.75) is 56.5 Å². The third-order valence-electron chi connectivity index (χ3n) is 5.28. The van der Waals surface area contributed by atoms with Crippen LogP contribution in [0.15, 0.2) is 23.1 Å². The highest BCUT2D eigenvalue weighted by molar-refractivity contribution is 7.89. The van der Waals surface area contributed by atoms with Crippen molar-refractivity contribution in [3.63, 3.8) is 0 Å². The minimum atomic E-state index is -3.68. The molecule has 1 aromatic heterocycles. The van der Waals surface area contributed by atoms with Gasteiger partial charge in [0.15, 0.2) is 0 Å². The Morgan fingerprint density at radius 2 is 2.04 bits per heavy atom. The molecular formula is C18H23N5O3S. The van der Waals surface area contributed by atoms with Crippen LogP contribution < -0.4 is 9.62 Å². The number of nitrogens with one attached hydrogen (secondary N) is 1. The smallest absolute Gasteiger partial charge is 0.240 e. The van der Waals surface area contributed by atoms with Crippen LogP contribution in [0.2, 0.25) is 0 Å². The van der Waals surface area contributed by atoms with E-state index in [1.54, 1.807) is 23.1 Å². The zero-order chi connectivity index (χ0) is 19.3. The number of hydrogen-bond acceptors (Lipinski definition) is 5. The fourth-order valence-electron chi connectivity index (χ4n) is 3.72. The van der Waals surface area contributed by atoms with E-state index in [-0.39, 0.29) is 23.4 Å². The molecular weight excluding hydrogens is 366 g/mol. The molecule has 0 bridgehead atoms. The molecule has 1 saturated carbocycles. The molecule has 1 amide bonds. The maximum atomic E-state index is 12.7. The second kappa shape index (κ2) is 6.42. The van der Waals surface area contributed by atoms with Gasteiger partial charge in [0.2, 0.25) is 15.9 Å². The summed E-state index contributed by atoms with van der Waals surface area (Å²) in [5, 5.41) is 8.28. The highest BCUT2D eigenvalue weighted by Gasteiger charge is 2.31. The maximum Gasteiger partial charge on any atom is 0.240 e. The van der Waals surface area contributed by atoms with E-state index < -0.39 is 10.0 Å². The summed E-state index contributed by atoms with van der Waals surface area (Å²) in [7, 11) is -1.82. The van der Waals surface area contributed by atoms with Gasteiger partial charge in [-0.25, -0.2) is 13.1 Å². The fraction of sp³-hybridized carbons (Fsp3) is 0.500. The standard InChI is InChI=1S/C18H23N5O3S/c1-11-8-14-9-15(6-7-16(14)23(11)12(2)24)27(25,26)19-10-17-20-21-18(22(17)3)13-4-5-13/h6-7,9,11,13,19H,4-5,8,10H2,1-3H3/t11-/m1/s1. The minimum absolute atomic E-state index is 0.0305. The van der Waals surface area contributed by atoms with E-state index in [2.05, 4.69) is 14.9 Å². The number of hydrogen-bond donors (Lipinski definition) is 1. The number of benzene rings is 1. The second-order valence-corrected chi connectivity index (χ2v) is 9.13. The molecule has 0 radical (unpaired) electrons. The molecule has 144 valence electrons. The van der Waals surface area contributed by atoms with Crippen LogP contribution in [0.1, 0.15) is 49.8 Å². The van der Waals surface area contributed by atoms with E-state index in [1.807, 2.05) is 18.5 Å². The average molecular weight is 389 g/mol. The van der Waals surface area contributed by atoms with Crippen molar-refractivity contribution in [1.29, 1.82) is 0 Å². The van der Waals surface area contributed by atoms with Gasteiger partial charge in [0, 0.05) is 31.6 Å². The van der Waals surface area contributed by atoms with E-state index in [0.717, 1.165) is 29.9 Å². The van der Waals surface area contributed by atoms with Crippen LogP contribution in [0, 0.1) is 0 Å². The third kappa shape index (κ3) is 3.25. The van der Waals surface area contributed by atoms with Gasteiger partial charge in [-0.05, 0) is 49.9 Å². The lowest BCUT2D eigenvalue weighted by molar-refractivity contribution is -0.116. The summed E-state index contributed by atoms with van der Waals surface area (Å²) >= 11 is 0. The Morgan fingerprint density at radius 1 is 1.30 bits per heavy atom.